The SMILES string of the molecule is COc1ccc(C(=O)Nc2ccc(C)cc2)cc1S(=O)(=O)NCc1ccccc1. The largest absolute Gasteiger partial charge is 0.495 e. The number of carbonyl (C=O) groups is 1. The van der Waals surface area contributed by atoms with Crippen molar-refractivity contribution < 1.29 is 17.9 Å². The normalized spacial score (nSPS) is 11.1. The number of ether oxygens (including phenoxy) is 1. The van der Waals surface area contributed by atoms with E-state index >= 15 is 0 Å². The van der Waals surface area contributed by atoms with E-state index in [9.17, 15) is 13.2 Å². The summed E-state index contributed by atoms with van der Waals surface area (Å²) in [6.45, 7) is 2.08. The molecule has 2 N–H and O–H groups in total. The van der Waals surface area contributed by atoms with Gasteiger partial charge in [-0.1, -0.05) is 48.0 Å². The van der Waals surface area contributed by atoms with Gasteiger partial charge in [-0.25, -0.2) is 13.1 Å². The molecule has 29 heavy (non-hydrogen) atoms. The molecule has 0 radical (unpaired) electrons. The Hall–Kier alpha value is -3.16. The molecule has 0 heterocycles. The third-order valence-electron chi connectivity index (χ3n) is 4.33. The van der Waals surface area contributed by atoms with Crippen LogP contribution in [0.25, 0.3) is 0 Å². The topological polar surface area (TPSA) is 84.5 Å². The van der Waals surface area contributed by atoms with Gasteiger partial charge in [0.15, 0.2) is 0 Å². The van der Waals surface area contributed by atoms with Crippen LogP contribution in [0, 0.1) is 6.92 Å². The maximum atomic E-state index is 12.8. The highest BCUT2D eigenvalue weighted by atomic mass is 32.2. The predicted octanol–water partition coefficient (Wildman–Crippen LogP) is 3.73. The average molecular weight is 410 g/mol. The van der Waals surface area contributed by atoms with Gasteiger partial charge < -0.3 is 10.1 Å². The highest BCUT2D eigenvalue weighted by Gasteiger charge is 2.21. The molecule has 0 bridgehead atoms. The summed E-state index contributed by atoms with van der Waals surface area (Å²) in [5.74, 6) is -0.242. The van der Waals surface area contributed by atoms with Crippen LogP contribution >= 0.6 is 0 Å². The summed E-state index contributed by atoms with van der Waals surface area (Å²) < 4.78 is 33.4. The minimum absolute atomic E-state index is 0.0903. The molecular formula is C22H22N2O4S. The Morgan fingerprint density at radius 3 is 2.31 bits per heavy atom. The lowest BCUT2D eigenvalue weighted by Gasteiger charge is -2.13. The first-order valence-electron chi connectivity index (χ1n) is 8.99. The molecule has 3 rings (SSSR count). The summed E-state index contributed by atoms with van der Waals surface area (Å²) in [5.41, 5.74) is 2.74. The van der Waals surface area contributed by atoms with Gasteiger partial charge in [-0.3, -0.25) is 4.79 Å². The van der Waals surface area contributed by atoms with E-state index < -0.39 is 15.9 Å². The van der Waals surface area contributed by atoms with Crippen molar-refractivity contribution in [3.63, 3.8) is 0 Å². The Morgan fingerprint density at radius 1 is 0.966 bits per heavy atom. The lowest BCUT2D eigenvalue weighted by molar-refractivity contribution is 0.102. The quantitative estimate of drug-likeness (QED) is 0.622. The Labute approximate surface area is 170 Å². The number of aryl methyl sites for hydroxylation is 1. The molecule has 0 unspecified atom stereocenters. The van der Waals surface area contributed by atoms with Crippen LogP contribution in [0.5, 0.6) is 5.75 Å². The number of rotatable bonds is 7. The maximum Gasteiger partial charge on any atom is 0.255 e. The van der Waals surface area contributed by atoms with Crippen molar-refractivity contribution in [3.8, 4) is 5.75 Å². The molecule has 0 fully saturated rings. The Bertz CT molecular complexity index is 1100. The van der Waals surface area contributed by atoms with Gasteiger partial charge in [0.2, 0.25) is 10.0 Å². The van der Waals surface area contributed by atoms with Crippen LogP contribution in [0.1, 0.15) is 21.5 Å². The summed E-state index contributed by atoms with van der Waals surface area (Å²) in [7, 11) is -2.50. The van der Waals surface area contributed by atoms with E-state index in [2.05, 4.69) is 10.0 Å². The van der Waals surface area contributed by atoms with Crippen molar-refractivity contribution in [2.24, 2.45) is 0 Å². The second-order valence-corrected chi connectivity index (χ2v) is 8.23. The van der Waals surface area contributed by atoms with Gasteiger partial charge >= 0.3 is 0 Å². The number of hydrogen-bond donors (Lipinski definition) is 2. The minimum atomic E-state index is -3.89. The van der Waals surface area contributed by atoms with E-state index in [1.54, 1.807) is 12.1 Å². The van der Waals surface area contributed by atoms with Gasteiger partial charge in [0.1, 0.15) is 10.6 Å². The van der Waals surface area contributed by atoms with Crippen LogP contribution < -0.4 is 14.8 Å². The minimum Gasteiger partial charge on any atom is -0.495 e. The Balaban J connectivity index is 1.83. The molecule has 150 valence electrons. The second kappa shape index (κ2) is 8.89. The van der Waals surface area contributed by atoms with Gasteiger partial charge in [-0.05, 0) is 42.8 Å². The Kier molecular flexibility index (Phi) is 6.31. The van der Waals surface area contributed by atoms with E-state index in [4.69, 9.17) is 4.74 Å². The van der Waals surface area contributed by atoms with E-state index in [1.165, 1.54) is 25.3 Å². The molecule has 0 aliphatic carbocycles. The van der Waals surface area contributed by atoms with Crippen molar-refractivity contribution in [2.45, 2.75) is 18.4 Å². The molecular weight excluding hydrogens is 388 g/mol. The number of sulfonamides is 1. The molecule has 0 aromatic heterocycles. The molecule has 0 atom stereocenters. The maximum absolute atomic E-state index is 12.8. The lowest BCUT2D eigenvalue weighted by Crippen LogP contribution is -2.24. The predicted molar refractivity (Wildman–Crippen MR) is 113 cm³/mol. The summed E-state index contributed by atoms with van der Waals surface area (Å²) in [6.07, 6.45) is 0. The van der Waals surface area contributed by atoms with Gasteiger partial charge in [0.25, 0.3) is 5.91 Å². The highest BCUT2D eigenvalue weighted by molar-refractivity contribution is 7.89. The van der Waals surface area contributed by atoms with E-state index in [-0.39, 0.29) is 22.8 Å². The number of benzene rings is 3. The van der Waals surface area contributed by atoms with E-state index in [1.807, 2.05) is 49.4 Å². The second-order valence-electron chi connectivity index (χ2n) is 6.50. The first kappa shape index (κ1) is 20.6. The van der Waals surface area contributed by atoms with E-state index in [0.717, 1.165) is 11.1 Å². The fourth-order valence-electron chi connectivity index (χ4n) is 2.72. The monoisotopic (exact) mass is 410 g/mol. The van der Waals surface area contributed by atoms with Crippen molar-refractivity contribution in [1.82, 2.24) is 4.72 Å². The van der Waals surface area contributed by atoms with Crippen LogP contribution in [-0.2, 0) is 16.6 Å². The van der Waals surface area contributed by atoms with Crippen LogP contribution in [0.15, 0.2) is 77.7 Å². The molecule has 1 amide bonds. The third kappa shape index (κ3) is 5.22. The fraction of sp³-hybridized carbons (Fsp3) is 0.136. The van der Waals surface area contributed by atoms with Gasteiger partial charge in [0, 0.05) is 17.8 Å². The summed E-state index contributed by atoms with van der Waals surface area (Å²) in [5, 5.41) is 2.76. The number of methoxy groups -OCH3 is 1. The standard InChI is InChI=1S/C22H22N2O4S/c1-16-8-11-19(12-9-16)24-22(25)18-10-13-20(28-2)21(14-18)29(26,27)23-15-17-6-4-3-5-7-17/h3-14,23H,15H2,1-2H3,(H,24,25). The molecule has 0 spiro atoms. The number of nitrogens with one attached hydrogen (secondary N) is 2. The number of amides is 1. The zero-order valence-electron chi connectivity index (χ0n) is 16.2. The average Bonchev–Trinajstić information content (AvgIpc) is 2.74. The van der Waals surface area contributed by atoms with Crippen molar-refractivity contribution >= 4 is 21.6 Å². The van der Waals surface area contributed by atoms with Crippen LogP contribution in [0.2, 0.25) is 0 Å². The number of anilines is 1. The first-order chi connectivity index (χ1) is 13.9. The first-order valence-corrected chi connectivity index (χ1v) is 10.5. The zero-order chi connectivity index (χ0) is 20.9. The molecule has 6 nitrogen and oxygen atoms in total. The molecule has 7 heteroatoms. The molecule has 0 aliphatic rings. The van der Waals surface area contributed by atoms with Crippen LogP contribution in [0.4, 0.5) is 5.69 Å². The van der Waals surface area contributed by atoms with Crippen LogP contribution in [0.3, 0.4) is 0 Å². The summed E-state index contributed by atoms with van der Waals surface area (Å²) in [4.78, 5) is 12.5. The Morgan fingerprint density at radius 2 is 1.66 bits per heavy atom. The molecule has 0 saturated heterocycles. The van der Waals surface area contributed by atoms with Crippen molar-refractivity contribution in [1.29, 1.82) is 0 Å². The highest BCUT2D eigenvalue weighted by Crippen LogP contribution is 2.25. The smallest absolute Gasteiger partial charge is 0.255 e. The summed E-state index contributed by atoms with van der Waals surface area (Å²) >= 11 is 0. The van der Waals surface area contributed by atoms with Crippen molar-refractivity contribution in [3.05, 3.63) is 89.5 Å². The lowest BCUT2D eigenvalue weighted by atomic mass is 10.2. The van der Waals surface area contributed by atoms with Crippen molar-refractivity contribution in [2.75, 3.05) is 12.4 Å². The number of carbonyl (C=O) groups excluding carboxylic acids is 1. The molecule has 3 aromatic carbocycles. The fourth-order valence-corrected chi connectivity index (χ4v) is 3.93. The van der Waals surface area contributed by atoms with Gasteiger partial charge in [-0.2, -0.15) is 0 Å². The zero-order valence-corrected chi connectivity index (χ0v) is 17.0. The number of hydrogen-bond acceptors (Lipinski definition) is 4. The molecule has 0 saturated carbocycles. The van der Waals surface area contributed by atoms with E-state index in [0.29, 0.717) is 5.69 Å². The third-order valence-corrected chi connectivity index (χ3v) is 5.76. The summed E-state index contributed by atoms with van der Waals surface area (Å²) in [6, 6.07) is 20.8. The molecule has 3 aromatic rings. The van der Waals surface area contributed by atoms with Gasteiger partial charge in [0.05, 0.1) is 7.11 Å². The molecule has 0 aliphatic heterocycles. The van der Waals surface area contributed by atoms with Crippen LogP contribution in [-0.4, -0.2) is 21.4 Å². The van der Waals surface area contributed by atoms with Gasteiger partial charge in [-0.15, -0.1) is 0 Å².